The second kappa shape index (κ2) is 7.27. The third-order valence-electron chi connectivity index (χ3n) is 3.03. The van der Waals surface area contributed by atoms with E-state index >= 15 is 0 Å². The number of nitrogens with two attached hydrogens (primary N) is 1. The zero-order valence-electron chi connectivity index (χ0n) is 12.0. The van der Waals surface area contributed by atoms with E-state index in [2.05, 4.69) is 19.1 Å². The molecule has 102 valence electrons. The largest absolute Gasteiger partial charge is 0.493 e. The summed E-state index contributed by atoms with van der Waals surface area (Å²) in [5.41, 5.74) is 8.19. The van der Waals surface area contributed by atoms with E-state index in [1.807, 2.05) is 6.92 Å². The Labute approximate surface area is 110 Å². The van der Waals surface area contributed by atoms with Crippen LogP contribution in [0.3, 0.4) is 0 Å². The number of hydrogen-bond donors (Lipinski definition) is 1. The van der Waals surface area contributed by atoms with Crippen LogP contribution in [0.25, 0.3) is 0 Å². The van der Waals surface area contributed by atoms with Crippen molar-refractivity contribution in [3.05, 3.63) is 23.3 Å². The Balaban J connectivity index is 3.10. The molecular weight excluding hydrogens is 226 g/mol. The second-order valence-electron chi connectivity index (χ2n) is 4.74. The summed E-state index contributed by atoms with van der Waals surface area (Å²) in [6, 6.07) is 4.36. The van der Waals surface area contributed by atoms with Gasteiger partial charge in [0.25, 0.3) is 0 Å². The number of unbranched alkanes of at least 4 members (excludes halogenated alkanes) is 1. The minimum atomic E-state index is 0.116. The lowest BCUT2D eigenvalue weighted by Crippen LogP contribution is -2.18. The van der Waals surface area contributed by atoms with Gasteiger partial charge >= 0.3 is 0 Å². The molecule has 0 radical (unpaired) electrons. The first kappa shape index (κ1) is 14.8. The highest BCUT2D eigenvalue weighted by atomic mass is 16.5. The SMILES string of the molecule is CCCCc1ccc(CC(C)N)c(OC)c1OC. The molecule has 0 aromatic heterocycles. The van der Waals surface area contributed by atoms with Gasteiger partial charge in [-0.05, 0) is 37.3 Å². The number of aryl methyl sites for hydroxylation is 1. The average Bonchev–Trinajstić information content (AvgIpc) is 2.35. The van der Waals surface area contributed by atoms with Crippen molar-refractivity contribution in [1.29, 1.82) is 0 Å². The molecule has 0 aliphatic rings. The van der Waals surface area contributed by atoms with Crippen LogP contribution in [0.15, 0.2) is 12.1 Å². The lowest BCUT2D eigenvalue weighted by molar-refractivity contribution is 0.347. The van der Waals surface area contributed by atoms with Gasteiger partial charge in [-0.1, -0.05) is 25.5 Å². The summed E-state index contributed by atoms with van der Waals surface area (Å²) in [5.74, 6) is 1.70. The Bertz CT molecular complexity index is 375. The molecule has 1 unspecified atom stereocenters. The molecule has 0 amide bonds. The maximum absolute atomic E-state index is 5.86. The minimum Gasteiger partial charge on any atom is -0.493 e. The molecule has 1 aromatic rings. The monoisotopic (exact) mass is 251 g/mol. The normalized spacial score (nSPS) is 12.3. The summed E-state index contributed by atoms with van der Waals surface area (Å²) >= 11 is 0. The van der Waals surface area contributed by atoms with Gasteiger partial charge in [-0.2, -0.15) is 0 Å². The van der Waals surface area contributed by atoms with Crippen molar-refractivity contribution in [3.63, 3.8) is 0 Å². The van der Waals surface area contributed by atoms with Crippen LogP contribution in [-0.4, -0.2) is 20.3 Å². The maximum Gasteiger partial charge on any atom is 0.164 e. The Kier molecular flexibility index (Phi) is 5.99. The van der Waals surface area contributed by atoms with Crippen LogP contribution in [0.5, 0.6) is 11.5 Å². The fourth-order valence-electron chi connectivity index (χ4n) is 2.16. The van der Waals surface area contributed by atoms with Gasteiger partial charge in [0.05, 0.1) is 14.2 Å². The summed E-state index contributed by atoms with van der Waals surface area (Å²) in [5, 5.41) is 0. The Morgan fingerprint density at radius 2 is 1.67 bits per heavy atom. The summed E-state index contributed by atoms with van der Waals surface area (Å²) in [6.07, 6.45) is 4.15. The fourth-order valence-corrected chi connectivity index (χ4v) is 2.16. The molecule has 0 saturated carbocycles. The van der Waals surface area contributed by atoms with Crippen molar-refractivity contribution in [1.82, 2.24) is 0 Å². The van der Waals surface area contributed by atoms with E-state index in [1.54, 1.807) is 14.2 Å². The van der Waals surface area contributed by atoms with Crippen LogP contribution < -0.4 is 15.2 Å². The van der Waals surface area contributed by atoms with Gasteiger partial charge in [0.2, 0.25) is 0 Å². The molecule has 0 fully saturated rings. The van der Waals surface area contributed by atoms with E-state index in [4.69, 9.17) is 15.2 Å². The summed E-state index contributed by atoms with van der Waals surface area (Å²) in [7, 11) is 3.38. The van der Waals surface area contributed by atoms with E-state index < -0.39 is 0 Å². The van der Waals surface area contributed by atoms with Crippen molar-refractivity contribution in [3.8, 4) is 11.5 Å². The molecule has 0 aliphatic heterocycles. The number of hydrogen-bond acceptors (Lipinski definition) is 3. The van der Waals surface area contributed by atoms with Crippen LogP contribution in [0.4, 0.5) is 0 Å². The molecule has 3 nitrogen and oxygen atoms in total. The van der Waals surface area contributed by atoms with E-state index in [1.165, 1.54) is 12.0 Å². The zero-order chi connectivity index (χ0) is 13.5. The minimum absolute atomic E-state index is 0.116. The lowest BCUT2D eigenvalue weighted by Gasteiger charge is -2.17. The first-order valence-electron chi connectivity index (χ1n) is 6.62. The zero-order valence-corrected chi connectivity index (χ0v) is 12.0. The number of ether oxygens (including phenoxy) is 2. The molecule has 1 atom stereocenters. The molecule has 0 heterocycles. The maximum atomic E-state index is 5.86. The summed E-state index contributed by atoms with van der Waals surface area (Å²) in [4.78, 5) is 0. The van der Waals surface area contributed by atoms with Gasteiger partial charge in [0.1, 0.15) is 0 Å². The van der Waals surface area contributed by atoms with Crippen LogP contribution in [0.2, 0.25) is 0 Å². The highest BCUT2D eigenvalue weighted by Crippen LogP contribution is 2.36. The van der Waals surface area contributed by atoms with Gasteiger partial charge in [-0.3, -0.25) is 0 Å². The predicted octanol–water partition coefficient (Wildman–Crippen LogP) is 2.94. The van der Waals surface area contributed by atoms with Crippen LogP contribution in [0.1, 0.15) is 37.8 Å². The van der Waals surface area contributed by atoms with Crippen molar-refractivity contribution in [2.45, 2.75) is 45.6 Å². The van der Waals surface area contributed by atoms with Crippen LogP contribution >= 0.6 is 0 Å². The molecule has 0 spiro atoms. The quantitative estimate of drug-likeness (QED) is 0.810. The number of methoxy groups -OCH3 is 2. The Morgan fingerprint density at radius 1 is 1.11 bits per heavy atom. The first-order chi connectivity index (χ1) is 8.63. The van der Waals surface area contributed by atoms with Gasteiger partial charge in [0.15, 0.2) is 11.5 Å². The fraction of sp³-hybridized carbons (Fsp3) is 0.600. The Morgan fingerprint density at radius 3 is 2.17 bits per heavy atom. The molecule has 2 N–H and O–H groups in total. The van der Waals surface area contributed by atoms with E-state index in [9.17, 15) is 0 Å². The molecule has 18 heavy (non-hydrogen) atoms. The number of benzene rings is 1. The van der Waals surface area contributed by atoms with E-state index in [-0.39, 0.29) is 6.04 Å². The van der Waals surface area contributed by atoms with Crippen molar-refractivity contribution in [2.75, 3.05) is 14.2 Å². The van der Waals surface area contributed by atoms with Crippen LogP contribution in [-0.2, 0) is 12.8 Å². The van der Waals surface area contributed by atoms with E-state index in [0.717, 1.165) is 36.3 Å². The van der Waals surface area contributed by atoms with Gasteiger partial charge in [-0.15, -0.1) is 0 Å². The molecule has 0 bridgehead atoms. The van der Waals surface area contributed by atoms with Gasteiger partial charge in [0, 0.05) is 6.04 Å². The predicted molar refractivity (Wildman–Crippen MR) is 75.5 cm³/mol. The standard InChI is InChI=1S/C15H25NO2/c1-5-6-7-12-8-9-13(10-11(2)16)15(18-4)14(12)17-3/h8-9,11H,5-7,10,16H2,1-4H3. The third-order valence-corrected chi connectivity index (χ3v) is 3.03. The average molecular weight is 251 g/mol. The topological polar surface area (TPSA) is 44.5 Å². The number of rotatable bonds is 7. The van der Waals surface area contributed by atoms with E-state index in [0.29, 0.717) is 0 Å². The van der Waals surface area contributed by atoms with Crippen molar-refractivity contribution < 1.29 is 9.47 Å². The lowest BCUT2D eigenvalue weighted by atomic mass is 10.00. The first-order valence-corrected chi connectivity index (χ1v) is 6.62. The molecule has 1 rings (SSSR count). The highest BCUT2D eigenvalue weighted by Gasteiger charge is 2.15. The summed E-state index contributed by atoms with van der Waals surface area (Å²) < 4.78 is 11.0. The van der Waals surface area contributed by atoms with Crippen LogP contribution in [0, 0.1) is 0 Å². The molecule has 1 aromatic carbocycles. The molecule has 0 saturated heterocycles. The van der Waals surface area contributed by atoms with Gasteiger partial charge < -0.3 is 15.2 Å². The smallest absolute Gasteiger partial charge is 0.164 e. The summed E-state index contributed by atoms with van der Waals surface area (Å²) in [6.45, 7) is 4.19. The molecule has 3 heteroatoms. The molecule has 0 aliphatic carbocycles. The third kappa shape index (κ3) is 3.64. The Hall–Kier alpha value is -1.22. The molecular formula is C15H25NO2. The second-order valence-corrected chi connectivity index (χ2v) is 4.74. The highest BCUT2D eigenvalue weighted by molar-refractivity contribution is 5.52. The van der Waals surface area contributed by atoms with Crippen molar-refractivity contribution >= 4 is 0 Å². The van der Waals surface area contributed by atoms with Gasteiger partial charge in [-0.25, -0.2) is 0 Å². The van der Waals surface area contributed by atoms with Crippen molar-refractivity contribution in [2.24, 2.45) is 5.73 Å².